The first-order chi connectivity index (χ1) is 1.91. The van der Waals surface area contributed by atoms with Gasteiger partial charge in [-0.25, -0.2) is 0 Å². The average molecular weight is 59.1 g/mol. The number of hydrogen-bond acceptors (Lipinski definition) is 1. The smallest absolute Gasteiger partial charge is 0.107 e. The summed E-state index contributed by atoms with van der Waals surface area (Å²) in [5.74, 6) is 0. The van der Waals surface area contributed by atoms with E-state index in [0.29, 0.717) is 0 Å². The predicted octanol–water partition coefficient (Wildman–Crippen LogP) is -1.34. The van der Waals surface area contributed by atoms with Crippen molar-refractivity contribution in [3.05, 3.63) is 12.4 Å². The number of nitrogens with two attached hydrogens (primary N) is 1. The van der Waals surface area contributed by atoms with Crippen LogP contribution in [0.15, 0.2) is 12.4 Å². The van der Waals surface area contributed by atoms with Gasteiger partial charge in [-0.05, 0) is 0 Å². The first-order valence-corrected chi connectivity index (χ1v) is 1.07. The van der Waals surface area contributed by atoms with E-state index in [9.17, 15) is 0 Å². The minimum Gasteiger partial charge on any atom is -0.400 e. The Morgan fingerprint density at radius 2 is 2.00 bits per heavy atom. The Bertz CT molecular complexity index is 19.2. The Hall–Kier alpha value is -0.500. The molecule has 0 aromatic rings. The zero-order valence-corrected chi connectivity index (χ0v) is 2.44. The molecule has 0 aliphatic rings. The van der Waals surface area contributed by atoms with Crippen LogP contribution in [0.1, 0.15) is 0 Å². The van der Waals surface area contributed by atoms with Gasteiger partial charge in [0.2, 0.25) is 0 Å². The lowest BCUT2D eigenvalue weighted by molar-refractivity contribution is -0.275. The molecule has 2 nitrogen and oxygen atoms in total. The number of rotatable bonds is 0. The Balaban J connectivity index is 2.55. The van der Waals surface area contributed by atoms with Crippen LogP contribution in [0.2, 0.25) is 0 Å². The van der Waals surface area contributed by atoms with Crippen LogP contribution in [0.3, 0.4) is 0 Å². The Morgan fingerprint density at radius 3 is 2.00 bits per heavy atom. The highest BCUT2D eigenvalue weighted by Gasteiger charge is 1.37. The largest absolute Gasteiger partial charge is 0.400 e. The first-order valence-electron chi connectivity index (χ1n) is 1.07. The summed E-state index contributed by atoms with van der Waals surface area (Å²) < 4.78 is 0. The second-order valence-corrected chi connectivity index (χ2v) is 0.428. The van der Waals surface area contributed by atoms with E-state index in [1.807, 2.05) is 0 Å². The molecule has 0 aliphatic heterocycles. The molecule has 0 spiro atoms. The van der Waals surface area contributed by atoms with Crippen LogP contribution in [-0.2, 0) is 0 Å². The van der Waals surface area contributed by atoms with Crippen molar-refractivity contribution >= 4 is 0 Å². The molecule has 0 atom stereocenters. The highest BCUT2D eigenvalue weighted by atomic mass is 14.6. The summed E-state index contributed by atoms with van der Waals surface area (Å²) in [5.41, 5.74) is 8.08. The van der Waals surface area contributed by atoms with Crippen molar-refractivity contribution in [2.24, 2.45) is 5.73 Å². The molecule has 5 N–H and O–H groups in total. The molecule has 0 bridgehead atoms. The topological polar surface area (TPSA) is 53.7 Å². The second-order valence-electron chi connectivity index (χ2n) is 0.428. The van der Waals surface area contributed by atoms with Crippen molar-refractivity contribution < 1.29 is 5.73 Å². The SMILES string of the molecule is NC=C[NH3+]. The Morgan fingerprint density at radius 1 is 1.75 bits per heavy atom. The third-order valence-corrected chi connectivity index (χ3v) is 0.136. The summed E-state index contributed by atoms with van der Waals surface area (Å²) in [7, 11) is 0. The molecular weight excluding hydrogens is 52.0 g/mol. The zero-order valence-electron chi connectivity index (χ0n) is 2.44. The van der Waals surface area contributed by atoms with Gasteiger partial charge in [0.25, 0.3) is 0 Å². The minimum absolute atomic E-state index is 1.39. The Kier molecular flexibility index (Phi) is 2.19. The molecule has 2 heteroatoms. The van der Waals surface area contributed by atoms with Crippen molar-refractivity contribution in [3.63, 3.8) is 0 Å². The fourth-order valence-electron chi connectivity index (χ4n) is 0. The lowest BCUT2D eigenvalue weighted by Crippen LogP contribution is -2.39. The molecule has 0 radical (unpaired) electrons. The van der Waals surface area contributed by atoms with Gasteiger partial charge < -0.3 is 11.5 Å². The molecule has 0 aromatic heterocycles. The minimum atomic E-state index is 1.39. The standard InChI is InChI=1S/C2H6N2/c3-1-2-4/h1-2H,3-4H2/p+1. The monoisotopic (exact) mass is 59.1 g/mol. The quantitative estimate of drug-likeness (QED) is 0.356. The van der Waals surface area contributed by atoms with Gasteiger partial charge in [0.05, 0.1) is 0 Å². The van der Waals surface area contributed by atoms with E-state index >= 15 is 0 Å². The fourth-order valence-corrected chi connectivity index (χ4v) is 0. The van der Waals surface area contributed by atoms with E-state index in [1.54, 1.807) is 0 Å². The van der Waals surface area contributed by atoms with Crippen molar-refractivity contribution in [2.45, 2.75) is 0 Å². The van der Waals surface area contributed by atoms with Crippen LogP contribution >= 0.6 is 0 Å². The summed E-state index contributed by atoms with van der Waals surface area (Å²) in [6.07, 6.45) is 2.92. The maximum Gasteiger partial charge on any atom is 0.107 e. The van der Waals surface area contributed by atoms with E-state index in [0.717, 1.165) is 0 Å². The summed E-state index contributed by atoms with van der Waals surface area (Å²) >= 11 is 0. The highest BCUT2D eigenvalue weighted by Crippen LogP contribution is 1.24. The molecular formula is C2H7N2+. The Labute approximate surface area is 25.1 Å². The van der Waals surface area contributed by atoms with Gasteiger partial charge in [-0.3, -0.25) is 0 Å². The second kappa shape index (κ2) is 2.50. The number of hydrogen-bond donors (Lipinski definition) is 2. The van der Waals surface area contributed by atoms with Crippen molar-refractivity contribution in [1.29, 1.82) is 0 Å². The highest BCUT2D eigenvalue weighted by molar-refractivity contribution is 4.56. The van der Waals surface area contributed by atoms with Gasteiger partial charge in [0, 0.05) is 6.20 Å². The molecule has 0 saturated carbocycles. The van der Waals surface area contributed by atoms with Gasteiger partial charge in [0.1, 0.15) is 6.20 Å². The van der Waals surface area contributed by atoms with Crippen LogP contribution in [0.5, 0.6) is 0 Å². The van der Waals surface area contributed by atoms with Crippen LogP contribution in [0, 0.1) is 0 Å². The third kappa shape index (κ3) is 1.50. The average Bonchev–Trinajstić information content (AvgIpc) is 1.37. The molecule has 0 heterocycles. The lowest BCUT2D eigenvalue weighted by atomic mass is 11.0. The maximum atomic E-state index is 4.78. The van der Waals surface area contributed by atoms with Crippen molar-refractivity contribution in [1.82, 2.24) is 0 Å². The molecule has 0 rings (SSSR count). The van der Waals surface area contributed by atoms with Crippen LogP contribution in [0.4, 0.5) is 0 Å². The van der Waals surface area contributed by atoms with E-state index in [4.69, 9.17) is 5.73 Å². The molecule has 0 amide bonds. The summed E-state index contributed by atoms with van der Waals surface area (Å²) in [5, 5.41) is 0. The molecule has 24 valence electrons. The molecule has 0 saturated heterocycles. The van der Waals surface area contributed by atoms with Crippen LogP contribution < -0.4 is 11.5 Å². The van der Waals surface area contributed by atoms with Gasteiger partial charge in [-0.1, -0.05) is 0 Å². The normalized spacial score (nSPS) is 9.25. The van der Waals surface area contributed by atoms with Gasteiger partial charge in [0.15, 0.2) is 0 Å². The molecule has 0 fully saturated rings. The number of quaternary nitrogens is 1. The third-order valence-electron chi connectivity index (χ3n) is 0.136. The molecule has 4 heavy (non-hydrogen) atoms. The van der Waals surface area contributed by atoms with Gasteiger partial charge in [-0.15, -0.1) is 0 Å². The molecule has 0 unspecified atom stereocenters. The van der Waals surface area contributed by atoms with E-state index < -0.39 is 0 Å². The summed E-state index contributed by atoms with van der Waals surface area (Å²) in [6, 6.07) is 0. The van der Waals surface area contributed by atoms with Gasteiger partial charge >= 0.3 is 0 Å². The van der Waals surface area contributed by atoms with E-state index in [-0.39, 0.29) is 0 Å². The summed E-state index contributed by atoms with van der Waals surface area (Å²) in [4.78, 5) is 0. The lowest BCUT2D eigenvalue weighted by Gasteiger charge is -1.51. The van der Waals surface area contributed by atoms with Gasteiger partial charge in [-0.2, -0.15) is 0 Å². The van der Waals surface area contributed by atoms with Crippen LogP contribution in [0.25, 0.3) is 0 Å². The van der Waals surface area contributed by atoms with Crippen molar-refractivity contribution in [2.75, 3.05) is 0 Å². The summed E-state index contributed by atoms with van der Waals surface area (Å²) in [6.45, 7) is 0. The molecule has 0 aromatic carbocycles. The maximum absolute atomic E-state index is 4.78. The zero-order chi connectivity index (χ0) is 3.41. The molecule has 0 aliphatic carbocycles. The van der Waals surface area contributed by atoms with Crippen molar-refractivity contribution in [3.8, 4) is 0 Å². The van der Waals surface area contributed by atoms with Crippen LogP contribution in [-0.4, -0.2) is 0 Å². The van der Waals surface area contributed by atoms with E-state index in [2.05, 4.69) is 5.73 Å². The van der Waals surface area contributed by atoms with E-state index in [1.165, 1.54) is 12.4 Å². The first kappa shape index (κ1) is 3.50. The fraction of sp³-hybridized carbons (Fsp3) is 0. The predicted molar refractivity (Wildman–Crippen MR) is 16.2 cm³/mol.